The average Bonchev–Trinajstić information content (AvgIpc) is 3.42. The number of carbonyl (C=O) groups is 1. The summed E-state index contributed by atoms with van der Waals surface area (Å²) in [6.07, 6.45) is 4.32. The van der Waals surface area contributed by atoms with Crippen molar-refractivity contribution in [3.63, 3.8) is 0 Å². The fourth-order valence-corrected chi connectivity index (χ4v) is 5.28. The van der Waals surface area contributed by atoms with Gasteiger partial charge < -0.3 is 19.4 Å². The highest BCUT2D eigenvalue weighted by Gasteiger charge is 2.28. The molecule has 0 spiro atoms. The van der Waals surface area contributed by atoms with Crippen LogP contribution in [0.15, 0.2) is 51.2 Å². The van der Waals surface area contributed by atoms with E-state index in [1.165, 1.54) is 0 Å². The number of aromatic amines is 1. The van der Waals surface area contributed by atoms with Crippen molar-refractivity contribution in [2.75, 3.05) is 33.4 Å². The van der Waals surface area contributed by atoms with Crippen molar-refractivity contribution in [3.05, 3.63) is 63.2 Å². The van der Waals surface area contributed by atoms with Gasteiger partial charge in [0.1, 0.15) is 5.75 Å². The number of urea groups is 1. The Balaban J connectivity index is 0.000000211. The zero-order valence-corrected chi connectivity index (χ0v) is 20.2. The number of piperidine rings is 1. The fraction of sp³-hybridized carbons (Fsp3) is 0.462. The molecule has 3 aliphatic rings. The van der Waals surface area contributed by atoms with Gasteiger partial charge in [-0.1, -0.05) is 12.1 Å². The predicted octanol–water partition coefficient (Wildman–Crippen LogP) is 2.52. The van der Waals surface area contributed by atoms with Crippen molar-refractivity contribution in [3.8, 4) is 5.75 Å². The minimum atomic E-state index is -0.402. The van der Waals surface area contributed by atoms with Crippen molar-refractivity contribution < 1.29 is 14.3 Å². The number of benzene rings is 2. The SMILES string of the molecule is COc1cc2[nH]c(=O)n(C3CCN(C4CCOCC4)CC3)c2cc1C.O=C1N=c2ccccc2=N1. The first-order valence-corrected chi connectivity index (χ1v) is 12.2. The van der Waals surface area contributed by atoms with E-state index in [2.05, 4.69) is 25.9 Å². The molecule has 0 aliphatic carbocycles. The van der Waals surface area contributed by atoms with Crippen LogP contribution in [0.4, 0.5) is 4.79 Å². The third-order valence-corrected chi connectivity index (χ3v) is 7.12. The molecule has 6 rings (SSSR count). The number of imidazole rings is 1. The second-order valence-corrected chi connectivity index (χ2v) is 9.24. The summed E-state index contributed by atoms with van der Waals surface area (Å²) in [5.41, 5.74) is 2.90. The molecule has 2 amide bonds. The number of nitrogens with one attached hydrogen (secondary N) is 1. The second kappa shape index (κ2) is 10.1. The molecule has 0 atom stereocenters. The molecular weight excluding hydrogens is 446 g/mol. The van der Waals surface area contributed by atoms with Crippen LogP contribution in [0, 0.1) is 6.92 Å². The van der Waals surface area contributed by atoms with Crippen LogP contribution < -0.4 is 21.1 Å². The molecule has 2 saturated heterocycles. The summed E-state index contributed by atoms with van der Waals surface area (Å²) in [6, 6.07) is 11.7. The molecule has 0 radical (unpaired) electrons. The van der Waals surface area contributed by atoms with Gasteiger partial charge in [0, 0.05) is 44.5 Å². The van der Waals surface area contributed by atoms with E-state index >= 15 is 0 Å². The monoisotopic (exact) mass is 477 g/mol. The van der Waals surface area contributed by atoms with Gasteiger partial charge in [-0.3, -0.25) is 4.57 Å². The Morgan fingerprint density at radius 2 is 1.63 bits per heavy atom. The second-order valence-electron chi connectivity index (χ2n) is 9.24. The fourth-order valence-electron chi connectivity index (χ4n) is 5.28. The van der Waals surface area contributed by atoms with E-state index in [0.717, 1.165) is 74.3 Å². The number of carbonyl (C=O) groups excluding carboxylic acids is 1. The molecular formula is C26H31N5O4. The van der Waals surface area contributed by atoms with E-state index in [1.54, 1.807) is 19.2 Å². The van der Waals surface area contributed by atoms with Crippen molar-refractivity contribution >= 4 is 17.1 Å². The third kappa shape index (κ3) is 4.92. The van der Waals surface area contributed by atoms with Gasteiger partial charge in [-0.15, -0.1) is 0 Å². The Labute approximate surface area is 203 Å². The lowest BCUT2D eigenvalue weighted by Gasteiger charge is -2.39. The van der Waals surface area contributed by atoms with E-state index in [4.69, 9.17) is 9.47 Å². The summed E-state index contributed by atoms with van der Waals surface area (Å²) in [7, 11) is 1.66. The minimum absolute atomic E-state index is 0.00725. The maximum Gasteiger partial charge on any atom is 0.368 e. The first-order chi connectivity index (χ1) is 17.0. The highest BCUT2D eigenvalue weighted by atomic mass is 16.5. The number of hydrogen-bond acceptors (Lipinski definition) is 5. The molecule has 2 aromatic carbocycles. The summed E-state index contributed by atoms with van der Waals surface area (Å²) in [6.45, 7) is 5.90. The van der Waals surface area contributed by atoms with Crippen LogP contribution in [0.3, 0.4) is 0 Å². The topological polar surface area (TPSA) is 101 Å². The number of ether oxygens (including phenoxy) is 2. The molecule has 2 fully saturated rings. The number of amides is 2. The van der Waals surface area contributed by atoms with Crippen molar-refractivity contribution in [1.29, 1.82) is 0 Å². The molecule has 4 heterocycles. The van der Waals surface area contributed by atoms with Crippen LogP contribution in [-0.4, -0.2) is 59.9 Å². The lowest BCUT2D eigenvalue weighted by Crippen LogP contribution is -2.45. The van der Waals surface area contributed by atoms with Crippen LogP contribution in [0.2, 0.25) is 0 Å². The van der Waals surface area contributed by atoms with Gasteiger partial charge >= 0.3 is 11.7 Å². The number of H-pyrrole nitrogens is 1. The van der Waals surface area contributed by atoms with Gasteiger partial charge in [0.05, 0.1) is 28.9 Å². The molecule has 0 unspecified atom stereocenters. The molecule has 0 bridgehead atoms. The number of aryl methyl sites for hydroxylation is 1. The largest absolute Gasteiger partial charge is 0.496 e. The summed E-state index contributed by atoms with van der Waals surface area (Å²) in [5.74, 6) is 0.815. The molecule has 9 nitrogen and oxygen atoms in total. The van der Waals surface area contributed by atoms with Crippen molar-refractivity contribution in [2.45, 2.75) is 44.7 Å². The number of para-hydroxylation sites is 2. The number of rotatable bonds is 3. The Morgan fingerprint density at radius 1 is 0.971 bits per heavy atom. The maximum absolute atomic E-state index is 12.6. The van der Waals surface area contributed by atoms with Crippen LogP contribution in [-0.2, 0) is 4.74 Å². The maximum atomic E-state index is 12.6. The van der Waals surface area contributed by atoms with E-state index in [9.17, 15) is 9.59 Å². The number of hydrogen-bond donors (Lipinski definition) is 1. The molecule has 0 saturated carbocycles. The van der Waals surface area contributed by atoms with Gasteiger partial charge in [-0.25, -0.2) is 9.59 Å². The Hall–Kier alpha value is -3.30. The lowest BCUT2D eigenvalue weighted by atomic mass is 9.99. The summed E-state index contributed by atoms with van der Waals surface area (Å²) >= 11 is 0. The van der Waals surface area contributed by atoms with Gasteiger partial charge in [0.2, 0.25) is 0 Å². The zero-order chi connectivity index (χ0) is 24.4. The van der Waals surface area contributed by atoms with Gasteiger partial charge in [0.15, 0.2) is 0 Å². The lowest BCUT2D eigenvalue weighted by molar-refractivity contribution is 0.0220. The summed E-state index contributed by atoms with van der Waals surface area (Å²) in [5, 5.41) is 1.35. The van der Waals surface area contributed by atoms with Gasteiger partial charge in [-0.05, 0) is 56.4 Å². The van der Waals surface area contributed by atoms with Gasteiger partial charge in [0.25, 0.3) is 0 Å². The highest BCUT2D eigenvalue weighted by Crippen LogP contribution is 2.30. The Bertz CT molecular complexity index is 1360. The molecule has 3 aliphatic heterocycles. The number of nitrogens with zero attached hydrogens (tertiary/aromatic N) is 4. The molecule has 1 N–H and O–H groups in total. The molecule has 9 heteroatoms. The standard InChI is InChI=1S/C19H27N3O3.C7H4N2O/c1-13-11-17-16(12-18(13)24-2)20-19(23)22(17)15-3-7-21(8-4-15)14-5-9-25-10-6-14;10-7-8-5-3-1-2-4-6(5)9-7/h11-12,14-15H,3-10H2,1-2H3,(H,20,23);1-4H. The van der Waals surface area contributed by atoms with Crippen LogP contribution in [0.1, 0.15) is 37.3 Å². The molecule has 1 aromatic heterocycles. The minimum Gasteiger partial charge on any atom is -0.496 e. The smallest absolute Gasteiger partial charge is 0.368 e. The molecule has 35 heavy (non-hydrogen) atoms. The van der Waals surface area contributed by atoms with Crippen LogP contribution in [0.25, 0.3) is 11.0 Å². The van der Waals surface area contributed by atoms with E-state index in [0.29, 0.717) is 16.8 Å². The first kappa shape index (κ1) is 23.4. The molecule has 184 valence electrons. The predicted molar refractivity (Wildman–Crippen MR) is 132 cm³/mol. The normalized spacial score (nSPS) is 19.0. The van der Waals surface area contributed by atoms with E-state index < -0.39 is 6.03 Å². The Kier molecular flexibility index (Phi) is 6.79. The van der Waals surface area contributed by atoms with Crippen LogP contribution >= 0.6 is 0 Å². The van der Waals surface area contributed by atoms with Crippen LogP contribution in [0.5, 0.6) is 5.75 Å². The third-order valence-electron chi connectivity index (χ3n) is 7.12. The Morgan fingerprint density at radius 3 is 2.26 bits per heavy atom. The zero-order valence-electron chi connectivity index (χ0n) is 20.2. The number of fused-ring (bicyclic) bond motifs is 2. The van der Waals surface area contributed by atoms with E-state index in [-0.39, 0.29) is 11.7 Å². The molecule has 3 aromatic rings. The van der Waals surface area contributed by atoms with Crippen molar-refractivity contribution in [1.82, 2.24) is 14.5 Å². The number of methoxy groups -OCH3 is 1. The summed E-state index contributed by atoms with van der Waals surface area (Å²) in [4.78, 5) is 36.0. The summed E-state index contributed by atoms with van der Waals surface area (Å²) < 4.78 is 12.8. The quantitative estimate of drug-likeness (QED) is 0.625. The number of likely N-dealkylation sites (tertiary alicyclic amines) is 1. The van der Waals surface area contributed by atoms with Gasteiger partial charge in [-0.2, -0.15) is 9.98 Å². The highest BCUT2D eigenvalue weighted by molar-refractivity contribution is 5.78. The first-order valence-electron chi connectivity index (χ1n) is 12.2. The average molecular weight is 478 g/mol. The number of aromatic nitrogens is 2. The van der Waals surface area contributed by atoms with E-state index in [1.807, 2.05) is 29.7 Å². The van der Waals surface area contributed by atoms with Crippen molar-refractivity contribution in [2.24, 2.45) is 9.98 Å².